The average molecular weight is 387 g/mol. The molecule has 0 aromatic heterocycles. The largest absolute Gasteiger partial charge is 0.491 e. The summed E-state index contributed by atoms with van der Waals surface area (Å²) >= 11 is 0. The van der Waals surface area contributed by atoms with E-state index in [1.807, 2.05) is 6.07 Å². The standard InChI is InChI=1S/C22H26FNO4/c23-19-6-1-4-17(10-19)12-24(14-22-8-3-9-27-22)13-20(26)16-28-21-7-2-5-18(11-21)15-25/h1-2,4-7,10-11,15,20,22,26H,3,8-9,12-14,16H2. The number of hydrogen-bond acceptors (Lipinski definition) is 5. The number of rotatable bonds is 10. The molecule has 0 saturated carbocycles. The van der Waals surface area contributed by atoms with Gasteiger partial charge in [-0.3, -0.25) is 9.69 Å². The Morgan fingerprint density at radius 1 is 1.29 bits per heavy atom. The van der Waals surface area contributed by atoms with Crippen LogP contribution in [0.3, 0.4) is 0 Å². The first-order chi connectivity index (χ1) is 13.6. The van der Waals surface area contributed by atoms with E-state index in [2.05, 4.69) is 4.90 Å². The van der Waals surface area contributed by atoms with E-state index in [0.717, 1.165) is 31.3 Å². The zero-order valence-corrected chi connectivity index (χ0v) is 15.8. The molecule has 1 aliphatic rings. The van der Waals surface area contributed by atoms with E-state index in [4.69, 9.17) is 9.47 Å². The minimum atomic E-state index is -0.727. The molecule has 2 aromatic rings. The lowest BCUT2D eigenvalue weighted by atomic mass is 10.1. The molecule has 6 heteroatoms. The van der Waals surface area contributed by atoms with Gasteiger partial charge in [0.15, 0.2) is 0 Å². The van der Waals surface area contributed by atoms with E-state index in [-0.39, 0.29) is 18.5 Å². The number of aldehydes is 1. The molecule has 0 aliphatic carbocycles. The van der Waals surface area contributed by atoms with Crippen LogP contribution in [0.2, 0.25) is 0 Å². The number of benzene rings is 2. The maximum Gasteiger partial charge on any atom is 0.150 e. The summed E-state index contributed by atoms with van der Waals surface area (Å²) in [4.78, 5) is 12.9. The molecule has 0 spiro atoms. The van der Waals surface area contributed by atoms with Gasteiger partial charge < -0.3 is 14.6 Å². The summed E-state index contributed by atoms with van der Waals surface area (Å²) in [5.74, 6) is 0.271. The van der Waals surface area contributed by atoms with E-state index in [1.165, 1.54) is 12.1 Å². The zero-order chi connectivity index (χ0) is 19.8. The maximum atomic E-state index is 13.5. The summed E-state index contributed by atoms with van der Waals surface area (Å²) in [6, 6.07) is 13.3. The molecule has 1 saturated heterocycles. The Hall–Kier alpha value is -2.28. The van der Waals surface area contributed by atoms with Crippen molar-refractivity contribution in [3.05, 3.63) is 65.5 Å². The molecule has 150 valence electrons. The van der Waals surface area contributed by atoms with Gasteiger partial charge in [0.1, 0.15) is 30.6 Å². The van der Waals surface area contributed by atoms with Gasteiger partial charge in [-0.05, 0) is 42.7 Å². The van der Waals surface area contributed by atoms with Crippen molar-refractivity contribution < 1.29 is 23.8 Å². The van der Waals surface area contributed by atoms with Gasteiger partial charge in [0, 0.05) is 31.8 Å². The maximum absolute atomic E-state index is 13.5. The highest BCUT2D eigenvalue weighted by atomic mass is 19.1. The first kappa shape index (κ1) is 20.5. The normalized spacial score (nSPS) is 17.6. The van der Waals surface area contributed by atoms with Crippen molar-refractivity contribution >= 4 is 6.29 Å². The SMILES string of the molecule is O=Cc1cccc(OCC(O)CN(Cc2cccc(F)c2)CC2CCCO2)c1. The summed E-state index contributed by atoms with van der Waals surface area (Å²) in [6.45, 7) is 2.44. The van der Waals surface area contributed by atoms with E-state index >= 15 is 0 Å². The van der Waals surface area contributed by atoms with Gasteiger partial charge in [-0.1, -0.05) is 24.3 Å². The van der Waals surface area contributed by atoms with Crippen molar-refractivity contribution in [3.8, 4) is 5.75 Å². The van der Waals surface area contributed by atoms with Gasteiger partial charge in [0.05, 0.1) is 6.10 Å². The van der Waals surface area contributed by atoms with E-state index in [1.54, 1.807) is 30.3 Å². The first-order valence-corrected chi connectivity index (χ1v) is 9.57. The minimum absolute atomic E-state index is 0.105. The zero-order valence-electron chi connectivity index (χ0n) is 15.8. The van der Waals surface area contributed by atoms with Gasteiger partial charge in [0.25, 0.3) is 0 Å². The number of halogens is 1. The van der Waals surface area contributed by atoms with Crippen molar-refractivity contribution in [2.45, 2.75) is 31.6 Å². The third-order valence-corrected chi connectivity index (χ3v) is 4.69. The van der Waals surface area contributed by atoms with E-state index in [0.29, 0.717) is 30.9 Å². The minimum Gasteiger partial charge on any atom is -0.491 e. The van der Waals surface area contributed by atoms with Crippen molar-refractivity contribution in [2.24, 2.45) is 0 Å². The molecule has 0 bridgehead atoms. The second kappa shape index (κ2) is 10.3. The van der Waals surface area contributed by atoms with Crippen molar-refractivity contribution in [1.82, 2.24) is 4.90 Å². The van der Waals surface area contributed by atoms with Gasteiger partial charge in [-0.25, -0.2) is 4.39 Å². The average Bonchev–Trinajstić information content (AvgIpc) is 3.19. The third kappa shape index (κ3) is 6.41. The first-order valence-electron chi connectivity index (χ1n) is 9.57. The number of aliphatic hydroxyl groups is 1. The number of nitrogens with zero attached hydrogens (tertiary/aromatic N) is 1. The molecular weight excluding hydrogens is 361 g/mol. The lowest BCUT2D eigenvalue weighted by Gasteiger charge is -2.27. The molecule has 0 radical (unpaired) electrons. The van der Waals surface area contributed by atoms with Crippen LogP contribution in [0.1, 0.15) is 28.8 Å². The van der Waals surface area contributed by atoms with Crippen LogP contribution in [0, 0.1) is 5.82 Å². The van der Waals surface area contributed by atoms with E-state index in [9.17, 15) is 14.3 Å². The predicted molar refractivity (Wildman–Crippen MR) is 104 cm³/mol. The van der Waals surface area contributed by atoms with Crippen LogP contribution in [-0.4, -0.2) is 54.8 Å². The molecule has 1 aliphatic heterocycles. The van der Waals surface area contributed by atoms with E-state index < -0.39 is 6.10 Å². The molecule has 28 heavy (non-hydrogen) atoms. The molecule has 5 nitrogen and oxygen atoms in total. The fraction of sp³-hybridized carbons (Fsp3) is 0.409. The summed E-state index contributed by atoms with van der Waals surface area (Å²) in [6.07, 6.45) is 2.19. The lowest BCUT2D eigenvalue weighted by molar-refractivity contribution is 0.0313. The Morgan fingerprint density at radius 2 is 2.14 bits per heavy atom. The Bertz CT molecular complexity index is 764. The number of hydrogen-bond donors (Lipinski definition) is 1. The Labute approximate surface area is 164 Å². The number of aliphatic hydroxyl groups excluding tert-OH is 1. The molecule has 1 heterocycles. The molecule has 2 aromatic carbocycles. The van der Waals surface area contributed by atoms with Gasteiger partial charge >= 0.3 is 0 Å². The van der Waals surface area contributed by atoms with Crippen LogP contribution < -0.4 is 4.74 Å². The Balaban J connectivity index is 1.57. The molecular formula is C22H26FNO4. The molecule has 1 N–H and O–H groups in total. The third-order valence-electron chi connectivity index (χ3n) is 4.69. The summed E-state index contributed by atoms with van der Waals surface area (Å²) in [5, 5.41) is 10.5. The van der Waals surface area contributed by atoms with Crippen molar-refractivity contribution in [1.29, 1.82) is 0 Å². The van der Waals surface area contributed by atoms with Crippen LogP contribution >= 0.6 is 0 Å². The van der Waals surface area contributed by atoms with Crippen LogP contribution in [0.15, 0.2) is 48.5 Å². The van der Waals surface area contributed by atoms with Gasteiger partial charge in [-0.15, -0.1) is 0 Å². The second-order valence-electron chi connectivity index (χ2n) is 7.11. The molecule has 3 rings (SSSR count). The van der Waals surface area contributed by atoms with Crippen molar-refractivity contribution in [3.63, 3.8) is 0 Å². The van der Waals surface area contributed by atoms with Crippen LogP contribution in [0.25, 0.3) is 0 Å². The van der Waals surface area contributed by atoms with Crippen molar-refractivity contribution in [2.75, 3.05) is 26.3 Å². The van der Waals surface area contributed by atoms with Crippen LogP contribution in [0.4, 0.5) is 4.39 Å². The molecule has 2 unspecified atom stereocenters. The number of carbonyl (C=O) groups is 1. The highest BCUT2D eigenvalue weighted by Gasteiger charge is 2.21. The monoisotopic (exact) mass is 387 g/mol. The molecule has 1 fully saturated rings. The second-order valence-corrected chi connectivity index (χ2v) is 7.11. The Kier molecular flexibility index (Phi) is 7.54. The highest BCUT2D eigenvalue weighted by molar-refractivity contribution is 5.75. The predicted octanol–water partition coefficient (Wildman–Crippen LogP) is 3.06. The Morgan fingerprint density at radius 3 is 2.89 bits per heavy atom. The lowest BCUT2D eigenvalue weighted by Crippen LogP contribution is -2.39. The smallest absolute Gasteiger partial charge is 0.150 e. The fourth-order valence-electron chi connectivity index (χ4n) is 3.39. The fourth-order valence-corrected chi connectivity index (χ4v) is 3.39. The summed E-state index contributed by atoms with van der Waals surface area (Å²) < 4.78 is 24.9. The number of carbonyl (C=O) groups excluding carboxylic acids is 1. The highest BCUT2D eigenvalue weighted by Crippen LogP contribution is 2.17. The molecule has 2 atom stereocenters. The van der Waals surface area contributed by atoms with Gasteiger partial charge in [-0.2, -0.15) is 0 Å². The summed E-state index contributed by atoms with van der Waals surface area (Å²) in [7, 11) is 0. The van der Waals surface area contributed by atoms with Crippen LogP contribution in [0.5, 0.6) is 5.75 Å². The summed E-state index contributed by atoms with van der Waals surface area (Å²) in [5.41, 5.74) is 1.38. The molecule has 0 amide bonds. The number of ether oxygens (including phenoxy) is 2. The van der Waals surface area contributed by atoms with Gasteiger partial charge in [0.2, 0.25) is 0 Å². The topological polar surface area (TPSA) is 59.0 Å². The quantitative estimate of drug-likeness (QED) is 0.635. The van der Waals surface area contributed by atoms with Crippen LogP contribution in [-0.2, 0) is 11.3 Å².